The van der Waals surface area contributed by atoms with Crippen LogP contribution in [0.15, 0.2) is 24.3 Å². The van der Waals surface area contributed by atoms with Crippen LogP contribution in [-0.4, -0.2) is 51.6 Å². The quantitative estimate of drug-likeness (QED) is 0.309. The van der Waals surface area contributed by atoms with E-state index < -0.39 is 8.32 Å². The zero-order valence-corrected chi connectivity index (χ0v) is 23.1. The maximum absolute atomic E-state index is 9.63. The van der Waals surface area contributed by atoms with Crippen LogP contribution < -0.4 is 4.74 Å². The van der Waals surface area contributed by atoms with E-state index in [1.807, 2.05) is 12.1 Å². The van der Waals surface area contributed by atoms with Gasteiger partial charge in [0.25, 0.3) is 0 Å². The lowest BCUT2D eigenvalue weighted by atomic mass is 10.0. The molecule has 1 N–H and O–H groups in total. The fourth-order valence-corrected chi connectivity index (χ4v) is 5.54. The third kappa shape index (κ3) is 8.98. The van der Waals surface area contributed by atoms with Gasteiger partial charge in [0.2, 0.25) is 0 Å². The zero-order chi connectivity index (χ0) is 24.5. The van der Waals surface area contributed by atoms with Gasteiger partial charge in [0.05, 0.1) is 32.0 Å². The van der Waals surface area contributed by atoms with Crippen molar-refractivity contribution in [1.29, 1.82) is 0 Å². The second kappa shape index (κ2) is 13.2. The number of benzene rings is 1. The summed E-state index contributed by atoms with van der Waals surface area (Å²) in [6.07, 6.45) is 7.33. The molecule has 0 unspecified atom stereocenters. The molecule has 6 heteroatoms. The van der Waals surface area contributed by atoms with Crippen LogP contribution in [0, 0.1) is 0 Å². The van der Waals surface area contributed by atoms with E-state index in [-0.39, 0.29) is 36.1 Å². The summed E-state index contributed by atoms with van der Waals surface area (Å²) in [4.78, 5) is 0. The van der Waals surface area contributed by atoms with Gasteiger partial charge in [-0.15, -0.1) is 0 Å². The summed E-state index contributed by atoms with van der Waals surface area (Å²) >= 11 is 0. The Hall–Kier alpha value is -0.923. The van der Waals surface area contributed by atoms with Gasteiger partial charge >= 0.3 is 0 Å². The normalized spacial score (nSPS) is 21.2. The van der Waals surface area contributed by atoms with Crippen LogP contribution in [0.3, 0.4) is 0 Å². The molecule has 0 aliphatic carbocycles. The van der Waals surface area contributed by atoms with Crippen molar-refractivity contribution in [2.75, 3.05) is 13.7 Å². The third-order valence-corrected chi connectivity index (χ3v) is 11.8. The van der Waals surface area contributed by atoms with Crippen LogP contribution in [-0.2, 0) is 20.5 Å². The highest BCUT2D eigenvalue weighted by molar-refractivity contribution is 6.74. The Balaban J connectivity index is 1.95. The Bertz CT molecular complexity index is 670. The Kier molecular flexibility index (Phi) is 11.4. The van der Waals surface area contributed by atoms with Crippen molar-refractivity contribution in [3.8, 4) is 5.75 Å². The van der Waals surface area contributed by atoms with Gasteiger partial charge in [-0.25, -0.2) is 0 Å². The standard InChI is InChI=1S/C27H48O5Si/c1-8-9-10-25(30-20-21-11-13-22(29-5)14-12-21)26-16-15-23(31-26)19-24(17-18-28)32-33(6,7)27(2,3)4/h11-14,23-26,28H,8-10,15-20H2,1-7H3/t23-,24+,25-,26-/m0/s1. The lowest BCUT2D eigenvalue weighted by molar-refractivity contribution is -0.0853. The summed E-state index contributed by atoms with van der Waals surface area (Å²) in [7, 11) is -0.208. The fourth-order valence-electron chi connectivity index (χ4n) is 4.14. The second-order valence-electron chi connectivity index (χ2n) is 11.0. The van der Waals surface area contributed by atoms with Gasteiger partial charge in [-0.1, -0.05) is 52.7 Å². The molecule has 4 atom stereocenters. The third-order valence-electron chi connectivity index (χ3n) is 7.26. The van der Waals surface area contributed by atoms with E-state index in [0.717, 1.165) is 49.8 Å². The summed E-state index contributed by atoms with van der Waals surface area (Å²) in [6.45, 7) is 14.3. The van der Waals surface area contributed by atoms with Crippen LogP contribution in [0.5, 0.6) is 5.75 Å². The Labute approximate surface area is 203 Å². The van der Waals surface area contributed by atoms with Crippen LogP contribution in [0.2, 0.25) is 18.1 Å². The van der Waals surface area contributed by atoms with Crippen molar-refractivity contribution >= 4 is 8.32 Å². The monoisotopic (exact) mass is 480 g/mol. The zero-order valence-electron chi connectivity index (χ0n) is 22.1. The Morgan fingerprint density at radius 2 is 1.82 bits per heavy atom. The number of aliphatic hydroxyl groups is 1. The van der Waals surface area contributed by atoms with Crippen LogP contribution in [0.25, 0.3) is 0 Å². The molecule has 1 aromatic carbocycles. The molecule has 0 amide bonds. The van der Waals surface area contributed by atoms with Crippen molar-refractivity contribution < 1.29 is 23.7 Å². The van der Waals surface area contributed by atoms with E-state index in [9.17, 15) is 5.11 Å². The number of unbranched alkanes of at least 4 members (excludes halogenated alkanes) is 1. The predicted molar refractivity (Wildman–Crippen MR) is 137 cm³/mol. The van der Waals surface area contributed by atoms with E-state index in [1.165, 1.54) is 0 Å². The summed E-state index contributed by atoms with van der Waals surface area (Å²) < 4.78 is 24.8. The van der Waals surface area contributed by atoms with E-state index in [0.29, 0.717) is 13.0 Å². The number of methoxy groups -OCH3 is 1. The highest BCUT2D eigenvalue weighted by Crippen LogP contribution is 2.39. The Morgan fingerprint density at radius 1 is 1.12 bits per heavy atom. The van der Waals surface area contributed by atoms with Crippen LogP contribution in [0.4, 0.5) is 0 Å². The fraction of sp³-hybridized carbons (Fsp3) is 0.778. The topological polar surface area (TPSA) is 57.2 Å². The first-order chi connectivity index (χ1) is 15.6. The number of ether oxygens (including phenoxy) is 3. The second-order valence-corrected chi connectivity index (χ2v) is 15.7. The molecule has 1 aromatic rings. The van der Waals surface area contributed by atoms with Gasteiger partial charge < -0.3 is 23.7 Å². The largest absolute Gasteiger partial charge is 0.497 e. The molecule has 190 valence electrons. The molecule has 1 saturated heterocycles. The molecule has 0 bridgehead atoms. The number of hydrogen-bond donors (Lipinski definition) is 1. The van der Waals surface area contributed by atoms with Crippen molar-refractivity contribution in [2.45, 2.75) is 122 Å². The highest BCUT2D eigenvalue weighted by atomic mass is 28.4. The van der Waals surface area contributed by atoms with Gasteiger partial charge in [0, 0.05) is 12.7 Å². The van der Waals surface area contributed by atoms with Gasteiger partial charge in [-0.3, -0.25) is 0 Å². The van der Waals surface area contributed by atoms with E-state index in [4.69, 9.17) is 18.6 Å². The first kappa shape index (κ1) is 28.3. The Morgan fingerprint density at radius 3 is 2.39 bits per heavy atom. The summed E-state index contributed by atoms with van der Waals surface area (Å²) in [5.74, 6) is 0.862. The smallest absolute Gasteiger partial charge is 0.192 e. The lowest BCUT2D eigenvalue weighted by Gasteiger charge is -2.39. The average molecular weight is 481 g/mol. The SMILES string of the molecule is CCCC[C@H](OCc1ccc(OC)cc1)[C@@H]1CC[C@@H](C[C@@H](CCO)O[Si](C)(C)C(C)(C)C)O1. The minimum Gasteiger partial charge on any atom is -0.497 e. The van der Waals surface area contributed by atoms with Crippen molar-refractivity contribution in [3.05, 3.63) is 29.8 Å². The molecule has 1 aliphatic heterocycles. The molecule has 0 radical (unpaired) electrons. The lowest BCUT2D eigenvalue weighted by Crippen LogP contribution is -2.45. The van der Waals surface area contributed by atoms with Crippen LogP contribution >= 0.6 is 0 Å². The van der Waals surface area contributed by atoms with E-state index in [2.05, 4.69) is 52.9 Å². The van der Waals surface area contributed by atoms with Gasteiger partial charge in [0.1, 0.15) is 5.75 Å². The molecule has 0 aromatic heterocycles. The molecule has 33 heavy (non-hydrogen) atoms. The first-order valence-electron chi connectivity index (χ1n) is 12.8. The van der Waals surface area contributed by atoms with Crippen molar-refractivity contribution in [1.82, 2.24) is 0 Å². The van der Waals surface area contributed by atoms with E-state index >= 15 is 0 Å². The van der Waals surface area contributed by atoms with Crippen molar-refractivity contribution in [2.24, 2.45) is 0 Å². The minimum atomic E-state index is -1.89. The molecule has 0 spiro atoms. The molecule has 0 saturated carbocycles. The van der Waals surface area contributed by atoms with E-state index in [1.54, 1.807) is 7.11 Å². The van der Waals surface area contributed by atoms with Gasteiger partial charge in [-0.05, 0) is 67.9 Å². The molecule has 5 nitrogen and oxygen atoms in total. The average Bonchev–Trinajstić information content (AvgIpc) is 3.21. The molecular weight excluding hydrogens is 432 g/mol. The predicted octanol–water partition coefficient (Wildman–Crippen LogP) is 6.48. The highest BCUT2D eigenvalue weighted by Gasteiger charge is 2.40. The molecule has 1 heterocycles. The molecular formula is C27H48O5Si. The van der Waals surface area contributed by atoms with Crippen LogP contribution in [0.1, 0.15) is 78.2 Å². The molecule has 1 aliphatic rings. The number of rotatable bonds is 14. The summed E-state index contributed by atoms with van der Waals surface area (Å²) in [5.41, 5.74) is 1.15. The first-order valence-corrected chi connectivity index (χ1v) is 15.7. The maximum atomic E-state index is 9.63. The number of aliphatic hydroxyl groups excluding tert-OH is 1. The number of hydrogen-bond acceptors (Lipinski definition) is 5. The summed E-state index contributed by atoms with van der Waals surface area (Å²) in [6, 6.07) is 8.08. The van der Waals surface area contributed by atoms with Crippen molar-refractivity contribution in [3.63, 3.8) is 0 Å². The molecule has 1 fully saturated rings. The van der Waals surface area contributed by atoms with Gasteiger partial charge in [0.15, 0.2) is 8.32 Å². The molecule has 2 rings (SSSR count). The minimum absolute atomic E-state index is 0.0500. The van der Waals surface area contributed by atoms with Gasteiger partial charge in [-0.2, -0.15) is 0 Å². The maximum Gasteiger partial charge on any atom is 0.192 e. The summed E-state index contributed by atoms with van der Waals surface area (Å²) in [5, 5.41) is 9.78.